The largest absolute Gasteiger partial charge is 0.436 e. The van der Waals surface area contributed by atoms with Gasteiger partial charge >= 0.3 is 0 Å². The fourth-order valence-electron chi connectivity index (χ4n) is 1.96. The molecule has 20 heavy (non-hydrogen) atoms. The van der Waals surface area contributed by atoms with Crippen molar-refractivity contribution in [3.05, 3.63) is 47.8 Å². The van der Waals surface area contributed by atoms with Crippen LogP contribution in [0.5, 0.6) is 0 Å². The monoisotopic (exact) mass is 269 g/mol. The fourth-order valence-corrected chi connectivity index (χ4v) is 1.96. The Morgan fingerprint density at radius 3 is 2.95 bits per heavy atom. The molecule has 0 saturated heterocycles. The molecule has 6 nitrogen and oxygen atoms in total. The lowest BCUT2D eigenvalue weighted by molar-refractivity contribution is 0.0706. The summed E-state index contributed by atoms with van der Waals surface area (Å²) in [7, 11) is 0. The molecule has 0 bridgehead atoms. The van der Waals surface area contributed by atoms with E-state index in [2.05, 4.69) is 9.97 Å². The van der Waals surface area contributed by atoms with E-state index >= 15 is 0 Å². The lowest BCUT2D eigenvalue weighted by Crippen LogP contribution is -2.18. The second-order valence-corrected chi connectivity index (χ2v) is 4.28. The molecular weight excluding hydrogens is 258 g/mol. The molecule has 2 heterocycles. The predicted octanol–water partition coefficient (Wildman–Crippen LogP) is 2.32. The molecule has 3 aromatic rings. The van der Waals surface area contributed by atoms with Gasteiger partial charge in [-0.1, -0.05) is 0 Å². The highest BCUT2D eigenvalue weighted by molar-refractivity contribution is 5.96. The summed E-state index contributed by atoms with van der Waals surface area (Å²) in [6, 6.07) is 8.43. The van der Waals surface area contributed by atoms with E-state index in [0.29, 0.717) is 22.6 Å². The Bertz CT molecular complexity index is 795. The lowest BCUT2D eigenvalue weighted by atomic mass is 10.2. The molecular formula is C14H11N3O3. The van der Waals surface area contributed by atoms with Crippen LogP contribution in [0, 0.1) is 6.92 Å². The van der Waals surface area contributed by atoms with Crippen molar-refractivity contribution in [2.24, 2.45) is 0 Å². The number of aromatic nitrogens is 2. The number of nitrogens with zero attached hydrogens (tertiary/aromatic N) is 2. The van der Waals surface area contributed by atoms with Gasteiger partial charge in [0.05, 0.1) is 5.56 Å². The Balaban J connectivity index is 2.12. The molecule has 0 radical (unpaired) electrons. The number of oxazole rings is 1. The summed E-state index contributed by atoms with van der Waals surface area (Å²) in [5.74, 6) is -0.138. The number of amides is 1. The number of fused-ring (bicyclic) bond motifs is 1. The molecule has 1 amide bonds. The van der Waals surface area contributed by atoms with Crippen LogP contribution in [0.4, 0.5) is 0 Å². The highest BCUT2D eigenvalue weighted by Crippen LogP contribution is 2.26. The van der Waals surface area contributed by atoms with Gasteiger partial charge in [-0.3, -0.25) is 15.0 Å². The topological polar surface area (TPSA) is 88.2 Å². The number of aryl methyl sites for hydroxylation is 1. The van der Waals surface area contributed by atoms with Gasteiger partial charge in [0.2, 0.25) is 5.89 Å². The molecule has 1 aromatic carbocycles. The Morgan fingerprint density at radius 1 is 1.35 bits per heavy atom. The molecule has 2 N–H and O–H groups in total. The number of nitrogens with one attached hydrogen (secondary N) is 1. The number of rotatable bonds is 2. The highest BCUT2D eigenvalue weighted by Gasteiger charge is 2.13. The first-order valence-electron chi connectivity index (χ1n) is 5.96. The molecule has 0 aliphatic heterocycles. The first-order chi connectivity index (χ1) is 9.69. The van der Waals surface area contributed by atoms with Crippen LogP contribution in [-0.2, 0) is 0 Å². The summed E-state index contributed by atoms with van der Waals surface area (Å²) < 4.78 is 5.66. The maximum Gasteiger partial charge on any atom is 0.274 e. The number of hydrogen-bond donors (Lipinski definition) is 2. The normalized spacial score (nSPS) is 10.7. The van der Waals surface area contributed by atoms with Crippen LogP contribution in [0.25, 0.3) is 22.6 Å². The van der Waals surface area contributed by atoms with Gasteiger partial charge in [0.1, 0.15) is 5.52 Å². The van der Waals surface area contributed by atoms with Crippen LogP contribution in [0.15, 0.2) is 40.9 Å². The molecule has 6 heteroatoms. The summed E-state index contributed by atoms with van der Waals surface area (Å²) in [5, 5.41) is 8.63. The Morgan fingerprint density at radius 2 is 2.20 bits per heavy atom. The number of pyridine rings is 1. The molecule has 0 aliphatic carbocycles. The minimum absolute atomic E-state index is 0.308. The standard InChI is InChI=1S/C14H11N3O3/c1-8-10(3-2-6-15-8)14-16-11-7-9(13(18)17-19)4-5-12(11)20-14/h2-7,19H,1H3,(H,17,18). The van der Waals surface area contributed by atoms with Crippen molar-refractivity contribution < 1.29 is 14.4 Å². The Hall–Kier alpha value is -2.73. The number of hydrogen-bond acceptors (Lipinski definition) is 5. The Kier molecular flexibility index (Phi) is 2.92. The van der Waals surface area contributed by atoms with Crippen molar-refractivity contribution in [1.29, 1.82) is 0 Å². The molecule has 0 fully saturated rings. The summed E-state index contributed by atoms with van der Waals surface area (Å²) in [5.41, 5.74) is 4.62. The maximum atomic E-state index is 11.4. The van der Waals surface area contributed by atoms with Gasteiger partial charge in [-0.2, -0.15) is 0 Å². The first kappa shape index (κ1) is 12.3. The average molecular weight is 269 g/mol. The molecule has 0 saturated carbocycles. The molecule has 100 valence electrons. The van der Waals surface area contributed by atoms with E-state index in [1.807, 2.05) is 19.1 Å². The maximum absolute atomic E-state index is 11.4. The smallest absolute Gasteiger partial charge is 0.274 e. The zero-order valence-corrected chi connectivity index (χ0v) is 10.6. The minimum Gasteiger partial charge on any atom is -0.436 e. The van der Waals surface area contributed by atoms with E-state index < -0.39 is 5.91 Å². The third kappa shape index (κ3) is 2.02. The summed E-state index contributed by atoms with van der Waals surface area (Å²) in [6.07, 6.45) is 1.70. The zero-order chi connectivity index (χ0) is 14.1. The van der Waals surface area contributed by atoms with Crippen molar-refractivity contribution in [3.63, 3.8) is 0 Å². The van der Waals surface area contributed by atoms with Crippen molar-refractivity contribution in [1.82, 2.24) is 15.4 Å². The van der Waals surface area contributed by atoms with Gasteiger partial charge in [0, 0.05) is 17.5 Å². The van der Waals surface area contributed by atoms with Crippen LogP contribution in [-0.4, -0.2) is 21.1 Å². The van der Waals surface area contributed by atoms with Crippen LogP contribution >= 0.6 is 0 Å². The molecule has 0 unspecified atom stereocenters. The van der Waals surface area contributed by atoms with Crippen molar-refractivity contribution in [3.8, 4) is 11.5 Å². The van der Waals surface area contributed by atoms with Crippen LogP contribution in [0.3, 0.4) is 0 Å². The first-order valence-corrected chi connectivity index (χ1v) is 5.96. The second-order valence-electron chi connectivity index (χ2n) is 4.28. The highest BCUT2D eigenvalue weighted by atomic mass is 16.5. The second kappa shape index (κ2) is 4.75. The summed E-state index contributed by atoms with van der Waals surface area (Å²) in [4.78, 5) is 19.9. The van der Waals surface area contributed by atoms with E-state index in [-0.39, 0.29) is 0 Å². The number of carbonyl (C=O) groups is 1. The van der Waals surface area contributed by atoms with E-state index in [4.69, 9.17) is 9.62 Å². The molecule has 0 atom stereocenters. The Labute approximate surface area is 114 Å². The lowest BCUT2D eigenvalue weighted by Gasteiger charge is -1.97. The van der Waals surface area contributed by atoms with Gasteiger partial charge < -0.3 is 4.42 Å². The summed E-state index contributed by atoms with van der Waals surface area (Å²) >= 11 is 0. The van der Waals surface area contributed by atoms with Crippen LogP contribution < -0.4 is 5.48 Å². The quantitative estimate of drug-likeness (QED) is 0.550. The summed E-state index contributed by atoms with van der Waals surface area (Å²) in [6.45, 7) is 1.87. The number of carbonyl (C=O) groups excluding carboxylic acids is 1. The van der Waals surface area contributed by atoms with Crippen molar-refractivity contribution >= 4 is 17.0 Å². The van der Waals surface area contributed by atoms with Crippen molar-refractivity contribution in [2.45, 2.75) is 6.92 Å². The average Bonchev–Trinajstić information content (AvgIpc) is 2.89. The molecule has 2 aromatic heterocycles. The number of hydroxylamine groups is 1. The van der Waals surface area contributed by atoms with E-state index in [0.717, 1.165) is 11.3 Å². The fraction of sp³-hybridized carbons (Fsp3) is 0.0714. The van der Waals surface area contributed by atoms with Gasteiger partial charge in [-0.25, -0.2) is 10.5 Å². The molecule has 3 rings (SSSR count). The molecule has 0 aliphatic rings. The van der Waals surface area contributed by atoms with Gasteiger partial charge in [0.25, 0.3) is 5.91 Å². The van der Waals surface area contributed by atoms with Gasteiger partial charge in [-0.15, -0.1) is 0 Å². The van der Waals surface area contributed by atoms with Gasteiger partial charge in [-0.05, 0) is 37.3 Å². The minimum atomic E-state index is -0.589. The van der Waals surface area contributed by atoms with E-state index in [9.17, 15) is 4.79 Å². The van der Waals surface area contributed by atoms with Crippen LogP contribution in [0.2, 0.25) is 0 Å². The zero-order valence-electron chi connectivity index (χ0n) is 10.6. The van der Waals surface area contributed by atoms with Crippen molar-refractivity contribution in [2.75, 3.05) is 0 Å². The SMILES string of the molecule is Cc1ncccc1-c1nc2cc(C(=O)NO)ccc2o1. The third-order valence-corrected chi connectivity index (χ3v) is 2.99. The predicted molar refractivity (Wildman–Crippen MR) is 71.2 cm³/mol. The third-order valence-electron chi connectivity index (χ3n) is 2.99. The number of benzene rings is 1. The molecule has 0 spiro atoms. The van der Waals surface area contributed by atoms with Gasteiger partial charge in [0.15, 0.2) is 5.58 Å². The van der Waals surface area contributed by atoms with E-state index in [1.54, 1.807) is 29.9 Å². The van der Waals surface area contributed by atoms with E-state index in [1.165, 1.54) is 0 Å². The van der Waals surface area contributed by atoms with Crippen LogP contribution in [0.1, 0.15) is 16.1 Å².